The Morgan fingerprint density at radius 1 is 0.281 bits per heavy atom. The first kappa shape index (κ1) is 54.2. The summed E-state index contributed by atoms with van der Waals surface area (Å²) in [7, 11) is 0. The Bertz CT molecular complexity index is 820. The number of hydrogen-bond acceptors (Lipinski definition) is 0. The second-order valence-electron chi connectivity index (χ2n) is 19.1. The predicted octanol–water partition coefficient (Wildman–Crippen LogP) is 19.4. The quantitative estimate of drug-likeness (QED) is 0.0500. The fourth-order valence-corrected chi connectivity index (χ4v) is 9.35. The maximum Gasteiger partial charge on any atom is 0.254 e. The highest BCUT2D eigenvalue weighted by Gasteiger charge is 2.17. The van der Waals surface area contributed by atoms with Gasteiger partial charge in [0.2, 0.25) is 0 Å². The number of hydrogen-bond donors (Lipinski definition) is 1. The highest BCUT2D eigenvalue weighted by Crippen LogP contribution is 2.18. The molecule has 0 aliphatic rings. The Labute approximate surface area is 361 Å². The van der Waals surface area contributed by atoms with Crippen molar-refractivity contribution in [3.63, 3.8) is 0 Å². The SMILES string of the molecule is CCCCCCCCCCCCCCCCCC[n+]1c(CCCCCCCCCCCCCCCCC)c[nH]c1CCCCCCCCCCCCCCCCC. The van der Waals surface area contributed by atoms with Gasteiger partial charge in [0.25, 0.3) is 5.82 Å². The van der Waals surface area contributed by atoms with Crippen molar-refractivity contribution in [2.45, 2.75) is 336 Å². The summed E-state index contributed by atoms with van der Waals surface area (Å²) in [5.74, 6) is 1.53. The number of aromatic amines is 1. The number of H-pyrrole nitrogens is 1. The van der Waals surface area contributed by atoms with Crippen LogP contribution in [-0.4, -0.2) is 4.98 Å². The first-order valence-corrected chi connectivity index (χ1v) is 27.4. The third-order valence-corrected chi connectivity index (χ3v) is 13.4. The molecule has 0 saturated heterocycles. The van der Waals surface area contributed by atoms with Gasteiger partial charge in [0.15, 0.2) is 0 Å². The molecule has 0 fully saturated rings. The molecule has 0 aromatic carbocycles. The molecule has 57 heavy (non-hydrogen) atoms. The van der Waals surface area contributed by atoms with Crippen LogP contribution in [0.15, 0.2) is 6.20 Å². The maximum atomic E-state index is 3.79. The summed E-state index contributed by atoms with van der Waals surface area (Å²) < 4.78 is 2.75. The molecule has 2 nitrogen and oxygen atoms in total. The Kier molecular flexibility index (Phi) is 44.0. The summed E-state index contributed by atoms with van der Waals surface area (Å²) in [5.41, 5.74) is 1.60. The largest absolute Gasteiger partial charge is 0.254 e. The molecule has 0 aliphatic heterocycles. The van der Waals surface area contributed by atoms with E-state index in [2.05, 4.69) is 36.5 Å². The van der Waals surface area contributed by atoms with E-state index in [0.29, 0.717) is 0 Å². The standard InChI is InChI=1S/C55H108N2/c1-4-7-10-13-16-19-22-25-28-31-34-37-40-43-46-49-52-57-54(50-47-44-41-38-35-32-29-26-23-20-17-14-11-8-5-2)53-56-55(57)51-48-45-42-39-36-33-30-27-24-21-18-15-12-9-6-3/h53H,4-52H2,1-3H3/p+1. The number of nitrogens with one attached hydrogen (secondary N) is 1. The third kappa shape index (κ3) is 37.9. The lowest BCUT2D eigenvalue weighted by atomic mass is 10.0. The molecule has 1 N–H and O–H groups in total. The van der Waals surface area contributed by atoms with E-state index in [1.165, 1.54) is 321 Å². The van der Waals surface area contributed by atoms with Gasteiger partial charge in [0.1, 0.15) is 11.9 Å². The Morgan fingerprint density at radius 2 is 0.509 bits per heavy atom. The molecule has 1 aromatic heterocycles. The van der Waals surface area contributed by atoms with Crippen LogP contribution in [0.3, 0.4) is 0 Å². The highest BCUT2D eigenvalue weighted by atomic mass is 15.1. The first-order valence-electron chi connectivity index (χ1n) is 27.4. The van der Waals surface area contributed by atoms with Gasteiger partial charge in [-0.15, -0.1) is 0 Å². The van der Waals surface area contributed by atoms with Gasteiger partial charge in [0, 0.05) is 12.8 Å². The predicted molar refractivity (Wildman–Crippen MR) is 258 cm³/mol. The van der Waals surface area contributed by atoms with Crippen LogP contribution in [0.5, 0.6) is 0 Å². The number of rotatable bonds is 49. The van der Waals surface area contributed by atoms with E-state index in [0.717, 1.165) is 0 Å². The van der Waals surface area contributed by atoms with Crippen molar-refractivity contribution in [1.29, 1.82) is 0 Å². The molecule has 1 aromatic rings. The van der Waals surface area contributed by atoms with Crippen LogP contribution in [0.25, 0.3) is 0 Å². The number of unbranched alkanes of at least 4 members (excludes halogenated alkanes) is 43. The molecule has 2 heteroatoms. The van der Waals surface area contributed by atoms with Gasteiger partial charge in [-0.2, -0.15) is 0 Å². The first-order chi connectivity index (χ1) is 28.3. The lowest BCUT2D eigenvalue weighted by Crippen LogP contribution is -2.40. The molecule has 0 saturated carbocycles. The zero-order valence-electron chi connectivity index (χ0n) is 40.2. The highest BCUT2D eigenvalue weighted by molar-refractivity contribution is 4.92. The van der Waals surface area contributed by atoms with Crippen LogP contribution in [0.1, 0.15) is 328 Å². The van der Waals surface area contributed by atoms with E-state index < -0.39 is 0 Å². The van der Waals surface area contributed by atoms with Crippen molar-refractivity contribution >= 4 is 0 Å². The fourth-order valence-electron chi connectivity index (χ4n) is 9.35. The summed E-state index contributed by atoms with van der Waals surface area (Å²) in [6.45, 7) is 8.19. The molecule has 0 unspecified atom stereocenters. The van der Waals surface area contributed by atoms with Gasteiger partial charge in [-0.1, -0.05) is 290 Å². The van der Waals surface area contributed by atoms with Crippen molar-refractivity contribution in [3.05, 3.63) is 17.7 Å². The van der Waals surface area contributed by atoms with Gasteiger partial charge in [-0.05, 0) is 25.7 Å². The molecule has 0 radical (unpaired) electrons. The van der Waals surface area contributed by atoms with Crippen molar-refractivity contribution in [3.8, 4) is 0 Å². The van der Waals surface area contributed by atoms with E-state index in [4.69, 9.17) is 0 Å². The van der Waals surface area contributed by atoms with Crippen LogP contribution in [-0.2, 0) is 19.4 Å². The molecule has 0 atom stereocenters. The summed E-state index contributed by atoms with van der Waals surface area (Å²) in [5, 5.41) is 0. The van der Waals surface area contributed by atoms with Crippen LogP contribution >= 0.6 is 0 Å². The lowest BCUT2D eigenvalue weighted by Gasteiger charge is -2.07. The third-order valence-electron chi connectivity index (χ3n) is 13.4. The summed E-state index contributed by atoms with van der Waals surface area (Å²) in [4.78, 5) is 3.79. The minimum absolute atomic E-state index is 1.24. The number of imidazole rings is 1. The minimum atomic E-state index is 1.24. The summed E-state index contributed by atoms with van der Waals surface area (Å²) in [6, 6.07) is 0. The van der Waals surface area contributed by atoms with E-state index in [1.807, 2.05) is 0 Å². The van der Waals surface area contributed by atoms with Crippen LogP contribution < -0.4 is 4.57 Å². The second kappa shape index (κ2) is 46.3. The van der Waals surface area contributed by atoms with Crippen molar-refractivity contribution in [2.24, 2.45) is 0 Å². The van der Waals surface area contributed by atoms with Gasteiger partial charge < -0.3 is 0 Å². The van der Waals surface area contributed by atoms with Gasteiger partial charge in [0.05, 0.1) is 6.54 Å². The van der Waals surface area contributed by atoms with Crippen LogP contribution in [0.4, 0.5) is 0 Å². The lowest BCUT2D eigenvalue weighted by molar-refractivity contribution is -0.710. The van der Waals surface area contributed by atoms with E-state index in [1.54, 1.807) is 5.69 Å². The minimum Gasteiger partial charge on any atom is -0.247 e. The number of aromatic nitrogens is 2. The number of aryl methyl sites for hydroxylation is 2. The van der Waals surface area contributed by atoms with Crippen molar-refractivity contribution in [1.82, 2.24) is 4.98 Å². The average molecular weight is 798 g/mol. The normalized spacial score (nSPS) is 11.7. The fraction of sp³-hybridized carbons (Fsp3) is 0.945. The van der Waals surface area contributed by atoms with E-state index in [9.17, 15) is 0 Å². The van der Waals surface area contributed by atoms with Crippen molar-refractivity contribution < 1.29 is 4.57 Å². The molecular weight excluding hydrogens is 689 g/mol. The Balaban J connectivity index is 2.25. The molecule has 1 heterocycles. The monoisotopic (exact) mass is 798 g/mol. The van der Waals surface area contributed by atoms with Crippen molar-refractivity contribution in [2.75, 3.05) is 0 Å². The Morgan fingerprint density at radius 3 is 0.789 bits per heavy atom. The topological polar surface area (TPSA) is 19.7 Å². The molecular formula is C55H109N2+. The van der Waals surface area contributed by atoms with Gasteiger partial charge in [-0.3, -0.25) is 0 Å². The number of nitrogens with zero attached hydrogens (tertiary/aromatic N) is 1. The average Bonchev–Trinajstić information content (AvgIpc) is 3.61. The summed E-state index contributed by atoms with van der Waals surface area (Å²) in [6.07, 6.45) is 71.5. The second-order valence-corrected chi connectivity index (χ2v) is 19.1. The molecule has 338 valence electrons. The van der Waals surface area contributed by atoms with E-state index >= 15 is 0 Å². The zero-order chi connectivity index (χ0) is 40.8. The Hall–Kier alpha value is -0.790. The van der Waals surface area contributed by atoms with Gasteiger partial charge >= 0.3 is 0 Å². The summed E-state index contributed by atoms with van der Waals surface area (Å²) >= 11 is 0. The van der Waals surface area contributed by atoms with Gasteiger partial charge in [-0.25, -0.2) is 9.55 Å². The van der Waals surface area contributed by atoms with E-state index in [-0.39, 0.29) is 0 Å². The molecule has 0 bridgehead atoms. The zero-order valence-corrected chi connectivity index (χ0v) is 40.2. The molecule has 0 spiro atoms. The van der Waals surface area contributed by atoms with Crippen LogP contribution in [0.2, 0.25) is 0 Å². The smallest absolute Gasteiger partial charge is 0.247 e. The molecule has 0 amide bonds. The molecule has 1 rings (SSSR count). The van der Waals surface area contributed by atoms with Crippen LogP contribution in [0, 0.1) is 0 Å². The molecule has 0 aliphatic carbocycles. The maximum absolute atomic E-state index is 3.79.